The van der Waals surface area contributed by atoms with Gasteiger partial charge in [0.25, 0.3) is 0 Å². The quantitative estimate of drug-likeness (QED) is 0.540. The van der Waals surface area contributed by atoms with Gasteiger partial charge in [-0.1, -0.05) is 54.1 Å². The average Bonchev–Trinajstić information content (AvgIpc) is 3.64. The van der Waals surface area contributed by atoms with Gasteiger partial charge in [-0.2, -0.15) is 0 Å². The molecule has 0 unspecified atom stereocenters. The first-order valence-corrected chi connectivity index (χ1v) is 12.5. The Kier molecular flexibility index (Phi) is 6.18. The minimum absolute atomic E-state index is 0.0308. The molecule has 1 saturated carbocycles. The molecule has 5 heteroatoms. The average molecular weight is 452 g/mol. The van der Waals surface area contributed by atoms with Crippen LogP contribution < -0.4 is 0 Å². The van der Waals surface area contributed by atoms with Crippen LogP contribution in [0.3, 0.4) is 0 Å². The third kappa shape index (κ3) is 4.53. The van der Waals surface area contributed by atoms with E-state index in [-0.39, 0.29) is 17.6 Å². The highest BCUT2D eigenvalue weighted by molar-refractivity contribution is 6.30. The molecule has 1 spiro atoms. The van der Waals surface area contributed by atoms with Crippen LogP contribution in [-0.4, -0.2) is 52.4 Å². The van der Waals surface area contributed by atoms with Gasteiger partial charge in [-0.3, -0.25) is 4.90 Å². The SMILES string of the molecule is C[C@@H](c1ccccc1)N1CCC2(CCN(Cc3ccc(Cl)cc3)CC2)N(CC2CC2)C1=O. The van der Waals surface area contributed by atoms with E-state index in [1.807, 2.05) is 18.2 Å². The van der Waals surface area contributed by atoms with E-state index in [2.05, 4.69) is 58.0 Å². The standard InChI is InChI=1S/C27H34ClN3O/c1-21(24-5-3-2-4-6-24)30-18-15-27(31(26(30)32)20-23-7-8-23)13-16-29(17-14-27)19-22-9-11-25(28)12-10-22/h2-6,9-12,21,23H,7-8,13-20H2,1H3/t21-/m0/s1. The molecule has 2 aromatic rings. The summed E-state index contributed by atoms with van der Waals surface area (Å²) < 4.78 is 0. The summed E-state index contributed by atoms with van der Waals surface area (Å²) in [7, 11) is 0. The fraction of sp³-hybridized carbons (Fsp3) is 0.519. The molecule has 2 amide bonds. The molecule has 5 rings (SSSR count). The molecule has 4 nitrogen and oxygen atoms in total. The van der Waals surface area contributed by atoms with Crippen LogP contribution in [0.2, 0.25) is 5.02 Å². The summed E-state index contributed by atoms with van der Waals surface area (Å²) in [6.07, 6.45) is 5.78. The molecule has 2 aliphatic heterocycles. The lowest BCUT2D eigenvalue weighted by Crippen LogP contribution is -2.65. The van der Waals surface area contributed by atoms with Gasteiger partial charge >= 0.3 is 6.03 Å². The maximum absolute atomic E-state index is 13.8. The third-order valence-corrected chi connectivity index (χ3v) is 8.11. The summed E-state index contributed by atoms with van der Waals surface area (Å²) in [6, 6.07) is 19.0. The van der Waals surface area contributed by atoms with Gasteiger partial charge in [0.15, 0.2) is 0 Å². The Morgan fingerprint density at radius 2 is 1.62 bits per heavy atom. The monoisotopic (exact) mass is 451 g/mol. The van der Waals surface area contributed by atoms with Crippen molar-refractivity contribution >= 4 is 17.6 Å². The van der Waals surface area contributed by atoms with Gasteiger partial charge in [0.2, 0.25) is 0 Å². The van der Waals surface area contributed by atoms with Crippen molar-refractivity contribution in [3.8, 4) is 0 Å². The lowest BCUT2D eigenvalue weighted by atomic mass is 9.80. The van der Waals surface area contributed by atoms with Crippen molar-refractivity contribution in [2.45, 2.75) is 57.2 Å². The highest BCUT2D eigenvalue weighted by Crippen LogP contribution is 2.42. The molecule has 2 heterocycles. The fourth-order valence-electron chi connectivity index (χ4n) is 5.51. The number of rotatable bonds is 6. The number of hydrogen-bond donors (Lipinski definition) is 0. The number of carbonyl (C=O) groups is 1. The van der Waals surface area contributed by atoms with E-state index in [0.717, 1.165) is 57.0 Å². The molecule has 0 N–H and O–H groups in total. The van der Waals surface area contributed by atoms with Crippen molar-refractivity contribution in [1.82, 2.24) is 14.7 Å². The van der Waals surface area contributed by atoms with Crippen LogP contribution in [0.4, 0.5) is 4.79 Å². The van der Waals surface area contributed by atoms with Gasteiger partial charge in [-0.05, 0) is 68.2 Å². The number of nitrogens with zero attached hydrogens (tertiary/aromatic N) is 3. The largest absolute Gasteiger partial charge is 0.320 e. The summed E-state index contributed by atoms with van der Waals surface area (Å²) in [4.78, 5) is 20.8. The van der Waals surface area contributed by atoms with Gasteiger partial charge in [-0.15, -0.1) is 0 Å². The van der Waals surface area contributed by atoms with Gasteiger partial charge in [-0.25, -0.2) is 4.79 Å². The Bertz CT molecular complexity index is 920. The molecular weight excluding hydrogens is 418 g/mol. The third-order valence-electron chi connectivity index (χ3n) is 7.86. The molecule has 32 heavy (non-hydrogen) atoms. The first-order chi connectivity index (χ1) is 15.5. The van der Waals surface area contributed by atoms with Crippen molar-refractivity contribution in [1.29, 1.82) is 0 Å². The normalized spacial score (nSPS) is 22.4. The predicted octanol–water partition coefficient (Wildman–Crippen LogP) is 5.97. The van der Waals surface area contributed by atoms with E-state index in [1.165, 1.54) is 24.0 Å². The first kappa shape index (κ1) is 21.8. The Balaban J connectivity index is 1.28. The molecule has 3 aliphatic rings. The maximum Gasteiger partial charge on any atom is 0.320 e. The molecule has 0 aromatic heterocycles. The Labute approximate surface area is 197 Å². The van der Waals surface area contributed by atoms with E-state index >= 15 is 0 Å². The number of urea groups is 1. The Morgan fingerprint density at radius 1 is 0.969 bits per heavy atom. The zero-order chi connectivity index (χ0) is 22.1. The summed E-state index contributed by atoms with van der Waals surface area (Å²) in [5.41, 5.74) is 2.56. The second kappa shape index (κ2) is 9.07. The van der Waals surface area contributed by atoms with Crippen molar-refractivity contribution < 1.29 is 4.79 Å². The number of carbonyl (C=O) groups excluding carboxylic acids is 1. The van der Waals surface area contributed by atoms with E-state index in [0.29, 0.717) is 5.92 Å². The lowest BCUT2D eigenvalue weighted by Gasteiger charge is -2.55. The summed E-state index contributed by atoms with van der Waals surface area (Å²) in [5, 5.41) is 0.789. The summed E-state index contributed by atoms with van der Waals surface area (Å²) >= 11 is 6.05. The summed E-state index contributed by atoms with van der Waals surface area (Å²) in [5.74, 6) is 0.704. The zero-order valence-electron chi connectivity index (χ0n) is 19.0. The Morgan fingerprint density at radius 3 is 2.28 bits per heavy atom. The molecule has 0 radical (unpaired) electrons. The van der Waals surface area contributed by atoms with Crippen molar-refractivity contribution in [3.05, 3.63) is 70.7 Å². The molecule has 1 atom stereocenters. The lowest BCUT2D eigenvalue weighted by molar-refractivity contribution is -0.0135. The fourth-order valence-corrected chi connectivity index (χ4v) is 5.64. The topological polar surface area (TPSA) is 26.8 Å². The van der Waals surface area contributed by atoms with E-state index in [1.54, 1.807) is 0 Å². The summed E-state index contributed by atoms with van der Waals surface area (Å²) in [6.45, 7) is 7.02. The van der Waals surface area contributed by atoms with E-state index in [9.17, 15) is 4.79 Å². The smallest absolute Gasteiger partial charge is 0.319 e. The van der Waals surface area contributed by atoms with E-state index < -0.39 is 0 Å². The van der Waals surface area contributed by atoms with E-state index in [4.69, 9.17) is 11.6 Å². The van der Waals surface area contributed by atoms with Gasteiger partial charge in [0.1, 0.15) is 0 Å². The highest BCUT2D eigenvalue weighted by Gasteiger charge is 2.49. The molecule has 2 aromatic carbocycles. The van der Waals surface area contributed by atoms with Gasteiger partial charge < -0.3 is 9.80 Å². The van der Waals surface area contributed by atoms with Crippen molar-refractivity contribution in [2.24, 2.45) is 5.92 Å². The first-order valence-electron chi connectivity index (χ1n) is 12.1. The predicted molar refractivity (Wildman–Crippen MR) is 130 cm³/mol. The number of piperidine rings is 1. The van der Waals surface area contributed by atoms with Crippen LogP contribution in [0.1, 0.15) is 56.2 Å². The molecule has 2 saturated heterocycles. The van der Waals surface area contributed by atoms with Crippen LogP contribution >= 0.6 is 11.6 Å². The number of halogens is 1. The highest BCUT2D eigenvalue weighted by atomic mass is 35.5. The van der Waals surface area contributed by atoms with Crippen LogP contribution in [0.25, 0.3) is 0 Å². The molecule has 1 aliphatic carbocycles. The van der Waals surface area contributed by atoms with Gasteiger partial charge in [0, 0.05) is 43.3 Å². The maximum atomic E-state index is 13.8. The van der Waals surface area contributed by atoms with Crippen molar-refractivity contribution in [3.63, 3.8) is 0 Å². The van der Waals surface area contributed by atoms with Crippen LogP contribution in [-0.2, 0) is 6.54 Å². The van der Waals surface area contributed by atoms with Crippen LogP contribution in [0.15, 0.2) is 54.6 Å². The number of amides is 2. The molecule has 170 valence electrons. The number of benzene rings is 2. The Hall–Kier alpha value is -2.04. The minimum atomic E-state index is 0.0308. The zero-order valence-corrected chi connectivity index (χ0v) is 19.8. The minimum Gasteiger partial charge on any atom is -0.319 e. The number of likely N-dealkylation sites (tertiary alicyclic amines) is 1. The second-order valence-corrected chi connectivity index (χ2v) is 10.4. The van der Waals surface area contributed by atoms with Crippen LogP contribution in [0, 0.1) is 5.92 Å². The molecular formula is C27H34ClN3O. The number of hydrogen-bond acceptors (Lipinski definition) is 2. The second-order valence-electron chi connectivity index (χ2n) is 9.99. The molecule has 3 fully saturated rings. The van der Waals surface area contributed by atoms with Crippen LogP contribution in [0.5, 0.6) is 0 Å². The van der Waals surface area contributed by atoms with Gasteiger partial charge in [0.05, 0.1) is 6.04 Å². The molecule has 0 bridgehead atoms. The van der Waals surface area contributed by atoms with Crippen molar-refractivity contribution in [2.75, 3.05) is 26.2 Å².